The number of halogens is 1. The van der Waals surface area contributed by atoms with Crippen molar-refractivity contribution in [1.82, 2.24) is 4.72 Å². The number of nitrogens with one attached hydrogen (secondary N) is 1. The second kappa shape index (κ2) is 9.78. The molecule has 7 heteroatoms. The molecule has 168 valence electrons. The van der Waals surface area contributed by atoms with Gasteiger partial charge in [0.2, 0.25) is 10.0 Å². The van der Waals surface area contributed by atoms with E-state index in [4.69, 9.17) is 0 Å². The minimum absolute atomic E-state index is 0.128. The highest BCUT2D eigenvalue weighted by Gasteiger charge is 2.40. The average Bonchev–Trinajstić information content (AvgIpc) is 2.84. The molecule has 0 spiro atoms. The average molecular weight is 540 g/mol. The molecule has 1 atom stereocenters. The molecule has 0 radical (unpaired) electrons. The zero-order valence-corrected chi connectivity index (χ0v) is 21.2. The van der Waals surface area contributed by atoms with Gasteiger partial charge >= 0.3 is 0 Å². The Hall–Kier alpha value is -2.50. The maximum absolute atomic E-state index is 15.0. The third-order valence-electron chi connectivity index (χ3n) is 5.43. The molecule has 0 unspecified atom stereocenters. The van der Waals surface area contributed by atoms with E-state index >= 15 is 4.57 Å². The van der Waals surface area contributed by atoms with Crippen molar-refractivity contribution in [2.45, 2.75) is 17.6 Å². The highest BCUT2D eigenvalue weighted by atomic mass is 79.9. The molecule has 0 aliphatic carbocycles. The highest BCUT2D eigenvalue weighted by molar-refractivity contribution is 9.10. The number of sulfonamides is 1. The van der Waals surface area contributed by atoms with Crippen LogP contribution in [-0.2, 0) is 14.6 Å². The molecule has 0 aliphatic rings. The van der Waals surface area contributed by atoms with Crippen LogP contribution in [0.15, 0.2) is 119 Å². The highest BCUT2D eigenvalue weighted by Crippen LogP contribution is 2.56. The Morgan fingerprint density at radius 1 is 0.727 bits per heavy atom. The molecule has 0 saturated carbocycles. The number of rotatable bonds is 7. The van der Waals surface area contributed by atoms with Gasteiger partial charge in [-0.15, -0.1) is 0 Å². The number of aryl methyl sites for hydroxylation is 1. The predicted molar refractivity (Wildman–Crippen MR) is 138 cm³/mol. The summed E-state index contributed by atoms with van der Waals surface area (Å²) in [5, 5.41) is 1.16. The topological polar surface area (TPSA) is 63.2 Å². The fraction of sp³-hybridized carbons (Fsp3) is 0.0769. The third-order valence-corrected chi connectivity index (χ3v) is 10.9. The summed E-state index contributed by atoms with van der Waals surface area (Å²) in [5.74, 6) is -0.998. The van der Waals surface area contributed by atoms with E-state index in [1.165, 1.54) is 0 Å². The van der Waals surface area contributed by atoms with Gasteiger partial charge in [0.15, 0.2) is 7.14 Å². The molecule has 0 aliphatic heterocycles. The summed E-state index contributed by atoms with van der Waals surface area (Å²) in [4.78, 5) is 0.128. The summed E-state index contributed by atoms with van der Waals surface area (Å²) in [5.41, 5.74) is 1.57. The Morgan fingerprint density at radius 3 is 1.70 bits per heavy atom. The van der Waals surface area contributed by atoms with Crippen molar-refractivity contribution in [3.05, 3.63) is 125 Å². The quantitative estimate of drug-likeness (QED) is 0.304. The van der Waals surface area contributed by atoms with E-state index in [2.05, 4.69) is 20.7 Å². The van der Waals surface area contributed by atoms with Gasteiger partial charge in [-0.1, -0.05) is 106 Å². The van der Waals surface area contributed by atoms with Crippen LogP contribution in [-0.4, -0.2) is 8.42 Å². The summed E-state index contributed by atoms with van der Waals surface area (Å²) in [6, 6.07) is 32.0. The lowest BCUT2D eigenvalue weighted by Crippen LogP contribution is -2.34. The SMILES string of the molecule is Cc1ccc(S(=O)(=O)N[C@@H](c2ccc(Br)cc2)P(=O)(c2ccccc2)c2ccccc2)cc1. The lowest BCUT2D eigenvalue weighted by atomic mass is 10.2. The van der Waals surface area contributed by atoms with Crippen LogP contribution in [0.2, 0.25) is 0 Å². The summed E-state index contributed by atoms with van der Waals surface area (Å²) in [6.07, 6.45) is 0. The second-order valence-electron chi connectivity index (χ2n) is 7.72. The minimum atomic E-state index is -3.97. The number of benzene rings is 4. The lowest BCUT2D eigenvalue weighted by Gasteiger charge is -2.30. The molecule has 0 saturated heterocycles. The van der Waals surface area contributed by atoms with Crippen LogP contribution in [0.4, 0.5) is 0 Å². The van der Waals surface area contributed by atoms with E-state index in [1.807, 2.05) is 55.5 Å². The molecule has 1 N–H and O–H groups in total. The zero-order valence-electron chi connectivity index (χ0n) is 17.9. The Morgan fingerprint density at radius 2 is 1.21 bits per heavy atom. The zero-order chi connectivity index (χ0) is 23.5. The first-order valence-electron chi connectivity index (χ1n) is 10.4. The van der Waals surface area contributed by atoms with Gasteiger partial charge in [0, 0.05) is 15.1 Å². The fourth-order valence-corrected chi connectivity index (χ4v) is 8.73. The molecule has 0 amide bonds. The van der Waals surface area contributed by atoms with E-state index in [0.717, 1.165) is 10.0 Å². The van der Waals surface area contributed by atoms with Crippen LogP contribution >= 0.6 is 23.1 Å². The van der Waals surface area contributed by atoms with Gasteiger partial charge < -0.3 is 4.57 Å². The predicted octanol–water partition coefficient (Wildman–Crippen LogP) is 5.75. The van der Waals surface area contributed by atoms with Crippen LogP contribution in [0.1, 0.15) is 16.9 Å². The Bertz CT molecular complexity index is 1330. The molecule has 0 fully saturated rings. The van der Waals surface area contributed by atoms with Crippen molar-refractivity contribution >= 4 is 43.7 Å². The number of hydrogen-bond acceptors (Lipinski definition) is 3. The van der Waals surface area contributed by atoms with Crippen LogP contribution in [0, 0.1) is 6.92 Å². The first kappa shape index (κ1) is 23.7. The van der Waals surface area contributed by atoms with Gasteiger partial charge in [0.25, 0.3) is 0 Å². The maximum Gasteiger partial charge on any atom is 0.241 e. The van der Waals surface area contributed by atoms with Crippen molar-refractivity contribution in [2.75, 3.05) is 0 Å². The van der Waals surface area contributed by atoms with E-state index in [1.54, 1.807) is 60.7 Å². The lowest BCUT2D eigenvalue weighted by molar-refractivity contribution is 0.560. The largest absolute Gasteiger partial charge is 0.312 e. The molecule has 4 aromatic carbocycles. The van der Waals surface area contributed by atoms with Crippen molar-refractivity contribution in [2.24, 2.45) is 0 Å². The van der Waals surface area contributed by atoms with E-state index in [0.29, 0.717) is 16.2 Å². The monoisotopic (exact) mass is 539 g/mol. The molecule has 0 heterocycles. The van der Waals surface area contributed by atoms with Crippen molar-refractivity contribution in [1.29, 1.82) is 0 Å². The molecule has 0 bridgehead atoms. The summed E-state index contributed by atoms with van der Waals surface area (Å²) in [6.45, 7) is 1.90. The van der Waals surface area contributed by atoms with Gasteiger partial charge in [-0.3, -0.25) is 0 Å². The maximum atomic E-state index is 15.0. The third kappa shape index (κ3) is 5.04. The second-order valence-corrected chi connectivity index (χ2v) is 13.2. The Labute approximate surface area is 203 Å². The van der Waals surface area contributed by atoms with Crippen molar-refractivity contribution < 1.29 is 13.0 Å². The standard InChI is InChI=1S/C26H23BrNO3PS/c1-20-12-18-25(19-13-20)33(30,31)28-26(21-14-16-22(27)17-15-21)32(29,23-8-4-2-5-9-23)24-10-6-3-7-11-24/h2-19,26,28H,1H3/t26-/m1/s1. The molecule has 4 rings (SSSR count). The minimum Gasteiger partial charge on any atom is -0.312 e. The van der Waals surface area contributed by atoms with Crippen molar-refractivity contribution in [3.63, 3.8) is 0 Å². The first-order valence-corrected chi connectivity index (χ1v) is 14.4. The van der Waals surface area contributed by atoms with Gasteiger partial charge in [0.1, 0.15) is 5.78 Å². The molecule has 33 heavy (non-hydrogen) atoms. The summed E-state index contributed by atoms with van der Waals surface area (Å²) in [7, 11) is -7.47. The summed E-state index contributed by atoms with van der Waals surface area (Å²) >= 11 is 3.43. The van der Waals surface area contributed by atoms with Crippen LogP contribution < -0.4 is 15.3 Å². The molecular formula is C26H23BrNO3PS. The summed E-state index contributed by atoms with van der Waals surface area (Å²) < 4.78 is 45.6. The van der Waals surface area contributed by atoms with E-state index < -0.39 is 22.9 Å². The van der Waals surface area contributed by atoms with Crippen LogP contribution in [0.3, 0.4) is 0 Å². The van der Waals surface area contributed by atoms with E-state index in [-0.39, 0.29) is 4.90 Å². The normalized spacial score (nSPS) is 12.9. The van der Waals surface area contributed by atoms with Gasteiger partial charge in [-0.05, 0) is 36.8 Å². The molecule has 4 aromatic rings. The number of hydrogen-bond donors (Lipinski definition) is 1. The smallest absolute Gasteiger partial charge is 0.241 e. The fourth-order valence-electron chi connectivity index (χ4n) is 3.68. The van der Waals surface area contributed by atoms with Crippen LogP contribution in [0.25, 0.3) is 0 Å². The van der Waals surface area contributed by atoms with Gasteiger partial charge in [-0.25, -0.2) is 8.42 Å². The molecule has 4 nitrogen and oxygen atoms in total. The first-order chi connectivity index (χ1) is 15.8. The van der Waals surface area contributed by atoms with E-state index in [9.17, 15) is 8.42 Å². The molecular weight excluding hydrogens is 517 g/mol. The molecule has 0 aromatic heterocycles. The van der Waals surface area contributed by atoms with Gasteiger partial charge in [0.05, 0.1) is 4.90 Å². The van der Waals surface area contributed by atoms with Crippen molar-refractivity contribution in [3.8, 4) is 0 Å². The Balaban J connectivity index is 1.93. The van der Waals surface area contributed by atoms with Crippen LogP contribution in [0.5, 0.6) is 0 Å². The Kier molecular flexibility index (Phi) is 7.01. The van der Waals surface area contributed by atoms with Gasteiger partial charge in [-0.2, -0.15) is 4.72 Å².